The number of anilines is 1. The lowest BCUT2D eigenvalue weighted by molar-refractivity contribution is -0.301. The van der Waals surface area contributed by atoms with Crippen LogP contribution in [0.15, 0.2) is 33.7 Å². The molecular weight excluding hydrogens is 432 g/mol. The van der Waals surface area contributed by atoms with Crippen LogP contribution in [-0.2, 0) is 19.2 Å². The topological polar surface area (TPSA) is 153 Å². The summed E-state index contributed by atoms with van der Waals surface area (Å²) in [5.41, 5.74) is 5.96. The minimum atomic E-state index is -1.46. The van der Waals surface area contributed by atoms with E-state index in [9.17, 15) is 19.5 Å². The maximum atomic E-state index is 12.9. The van der Waals surface area contributed by atoms with Gasteiger partial charge in [-0.25, -0.2) is 15.0 Å². The molecule has 4 heterocycles. The van der Waals surface area contributed by atoms with E-state index in [1.54, 1.807) is 17.1 Å². The number of nitrogens with one attached hydrogen (secondary N) is 1. The number of hydrogen-bond acceptors (Lipinski definition) is 11. The molecule has 2 amide bonds. The number of oxime groups is 1. The van der Waals surface area contributed by atoms with Crippen molar-refractivity contribution in [2.24, 2.45) is 5.16 Å². The SMILES string of the molecule is CO/N=C(\C(=O)NC1CN2CC(c3cccs3)=C(C(=O)[O-])N2C1=O)c1csc(N)n1. The zero-order valence-electron chi connectivity index (χ0n) is 15.5. The van der Waals surface area contributed by atoms with Crippen LogP contribution in [0.5, 0.6) is 0 Å². The third-order valence-electron chi connectivity index (χ3n) is 4.50. The number of hydrogen-bond donors (Lipinski definition) is 2. The number of carbonyl (C=O) groups is 3. The molecule has 0 spiro atoms. The molecular formula is C17H15N6O5S2-. The number of nitrogens with two attached hydrogens (primary N) is 1. The highest BCUT2D eigenvalue weighted by molar-refractivity contribution is 7.13. The lowest BCUT2D eigenvalue weighted by Gasteiger charge is -2.22. The van der Waals surface area contributed by atoms with E-state index in [-0.39, 0.29) is 35.3 Å². The summed E-state index contributed by atoms with van der Waals surface area (Å²) in [6.45, 7) is 0.305. The number of aromatic nitrogens is 1. The Kier molecular flexibility index (Phi) is 5.24. The van der Waals surface area contributed by atoms with Crippen LogP contribution >= 0.6 is 22.7 Å². The summed E-state index contributed by atoms with van der Waals surface area (Å²) in [6, 6.07) is 2.60. The summed E-state index contributed by atoms with van der Waals surface area (Å²) in [6.07, 6.45) is 0. The van der Waals surface area contributed by atoms with Gasteiger partial charge in [0.2, 0.25) is 0 Å². The largest absolute Gasteiger partial charge is 0.543 e. The Morgan fingerprint density at radius 1 is 1.43 bits per heavy atom. The van der Waals surface area contributed by atoms with E-state index in [4.69, 9.17) is 10.6 Å². The number of aliphatic carboxylic acids is 1. The van der Waals surface area contributed by atoms with Crippen molar-refractivity contribution in [2.45, 2.75) is 6.04 Å². The number of thiophene rings is 1. The zero-order valence-corrected chi connectivity index (χ0v) is 17.2. The maximum Gasteiger partial charge on any atom is 0.276 e. The Morgan fingerprint density at radius 2 is 2.23 bits per heavy atom. The third-order valence-corrected chi connectivity index (χ3v) is 6.10. The standard InChI is InChI=1S/C17H16N6O5S2/c1-28-21-12(10-7-30-17(18)20-10)14(24)19-9-6-22-5-8(11-3-2-4-29-11)13(16(26)27)23(22)15(9)25/h2-4,7,9H,5-6H2,1H3,(H2,18,20)(H,19,24)(H,26,27)/p-1/b21-12-. The van der Waals surface area contributed by atoms with Gasteiger partial charge in [0.05, 0.1) is 11.7 Å². The average Bonchev–Trinajstić information content (AvgIpc) is 3.46. The van der Waals surface area contributed by atoms with Crippen molar-refractivity contribution >= 4 is 56.9 Å². The van der Waals surface area contributed by atoms with Crippen LogP contribution in [0.1, 0.15) is 10.6 Å². The second-order valence-electron chi connectivity index (χ2n) is 6.31. The highest BCUT2D eigenvalue weighted by Gasteiger charge is 2.46. The Labute approximate surface area is 178 Å². The van der Waals surface area contributed by atoms with Crippen molar-refractivity contribution in [2.75, 3.05) is 25.9 Å². The van der Waals surface area contributed by atoms with Crippen LogP contribution in [0.4, 0.5) is 5.13 Å². The van der Waals surface area contributed by atoms with Crippen molar-refractivity contribution in [1.29, 1.82) is 0 Å². The first-order valence-corrected chi connectivity index (χ1v) is 10.4. The molecule has 0 radical (unpaired) electrons. The van der Waals surface area contributed by atoms with E-state index in [1.165, 1.54) is 23.8 Å². The first-order valence-electron chi connectivity index (χ1n) is 8.61. The van der Waals surface area contributed by atoms with Gasteiger partial charge in [-0.2, -0.15) is 0 Å². The van der Waals surface area contributed by atoms with Gasteiger partial charge in [0.25, 0.3) is 11.8 Å². The van der Waals surface area contributed by atoms with Gasteiger partial charge in [0, 0.05) is 28.9 Å². The van der Waals surface area contributed by atoms with Crippen molar-refractivity contribution in [3.8, 4) is 0 Å². The van der Waals surface area contributed by atoms with E-state index in [0.717, 1.165) is 21.2 Å². The van der Waals surface area contributed by atoms with Crippen LogP contribution in [0.3, 0.4) is 0 Å². The number of carboxylic acids is 1. The van der Waals surface area contributed by atoms with Crippen LogP contribution < -0.4 is 16.2 Å². The van der Waals surface area contributed by atoms with E-state index in [1.807, 2.05) is 5.38 Å². The fourth-order valence-electron chi connectivity index (χ4n) is 3.31. The van der Waals surface area contributed by atoms with E-state index in [2.05, 4.69) is 15.5 Å². The molecule has 0 bridgehead atoms. The van der Waals surface area contributed by atoms with Crippen molar-refractivity contribution in [3.05, 3.63) is 39.2 Å². The van der Waals surface area contributed by atoms with Crippen LogP contribution in [-0.4, -0.2) is 64.7 Å². The quantitative estimate of drug-likeness (QED) is 0.416. The van der Waals surface area contributed by atoms with Crippen LogP contribution in [0.25, 0.3) is 5.57 Å². The van der Waals surface area contributed by atoms with Gasteiger partial charge in [-0.15, -0.1) is 22.7 Å². The summed E-state index contributed by atoms with van der Waals surface area (Å²) in [7, 11) is 1.27. The number of nitrogen functional groups attached to an aromatic ring is 1. The predicted molar refractivity (Wildman–Crippen MR) is 107 cm³/mol. The predicted octanol–water partition coefficient (Wildman–Crippen LogP) is -1.14. The molecule has 1 atom stereocenters. The van der Waals surface area contributed by atoms with Crippen molar-refractivity contribution in [1.82, 2.24) is 20.3 Å². The first kappa shape index (κ1) is 20.0. The number of carboxylic acid groups (broad SMARTS) is 1. The Bertz CT molecular complexity index is 1080. The molecule has 30 heavy (non-hydrogen) atoms. The molecule has 1 unspecified atom stereocenters. The second kappa shape index (κ2) is 7.85. The Hall–Kier alpha value is -3.29. The number of amides is 2. The lowest BCUT2D eigenvalue weighted by Crippen LogP contribution is -2.46. The van der Waals surface area contributed by atoms with E-state index < -0.39 is 23.8 Å². The number of carbonyl (C=O) groups excluding carboxylic acids is 3. The van der Waals surface area contributed by atoms with Gasteiger partial charge in [-0.3, -0.25) is 9.59 Å². The molecule has 2 aromatic heterocycles. The second-order valence-corrected chi connectivity index (χ2v) is 8.15. The smallest absolute Gasteiger partial charge is 0.276 e. The molecule has 2 aromatic rings. The van der Waals surface area contributed by atoms with Crippen molar-refractivity contribution in [3.63, 3.8) is 0 Å². The number of hydrazine groups is 1. The molecule has 0 aliphatic carbocycles. The summed E-state index contributed by atoms with van der Waals surface area (Å²) in [4.78, 5) is 46.9. The maximum absolute atomic E-state index is 12.9. The minimum Gasteiger partial charge on any atom is -0.543 e. The van der Waals surface area contributed by atoms with Gasteiger partial charge in [0.15, 0.2) is 10.8 Å². The monoisotopic (exact) mass is 447 g/mol. The Balaban J connectivity index is 1.56. The summed E-state index contributed by atoms with van der Waals surface area (Å²) < 4.78 is 0. The van der Waals surface area contributed by atoms with Crippen molar-refractivity contribution < 1.29 is 24.3 Å². The van der Waals surface area contributed by atoms with Crippen LogP contribution in [0, 0.1) is 0 Å². The normalized spacial score (nSPS) is 19.4. The summed E-state index contributed by atoms with van der Waals surface area (Å²) >= 11 is 2.50. The summed E-state index contributed by atoms with van der Waals surface area (Å²) in [5, 5.41) is 24.2. The zero-order chi connectivity index (χ0) is 21.4. The fourth-order valence-corrected chi connectivity index (χ4v) is 4.62. The van der Waals surface area contributed by atoms with Gasteiger partial charge in [-0.1, -0.05) is 11.2 Å². The molecule has 11 nitrogen and oxygen atoms in total. The third kappa shape index (κ3) is 3.42. The minimum absolute atomic E-state index is 0.0930. The molecule has 0 saturated carbocycles. The molecule has 13 heteroatoms. The van der Waals surface area contributed by atoms with Crippen LogP contribution in [0.2, 0.25) is 0 Å². The molecule has 1 saturated heterocycles. The Morgan fingerprint density at radius 3 is 2.83 bits per heavy atom. The molecule has 1 fully saturated rings. The molecule has 4 rings (SSSR count). The lowest BCUT2D eigenvalue weighted by atomic mass is 10.1. The number of fused-ring (bicyclic) bond motifs is 1. The number of thiazole rings is 1. The van der Waals surface area contributed by atoms with E-state index >= 15 is 0 Å². The molecule has 2 aliphatic rings. The van der Waals surface area contributed by atoms with Gasteiger partial charge < -0.3 is 25.8 Å². The van der Waals surface area contributed by atoms with E-state index in [0.29, 0.717) is 5.57 Å². The average molecular weight is 447 g/mol. The van der Waals surface area contributed by atoms with Gasteiger partial charge in [0.1, 0.15) is 18.8 Å². The molecule has 156 valence electrons. The number of nitrogens with zero attached hydrogens (tertiary/aromatic N) is 4. The fraction of sp³-hybridized carbons (Fsp3) is 0.235. The van der Waals surface area contributed by atoms with Gasteiger partial charge >= 0.3 is 0 Å². The summed E-state index contributed by atoms with van der Waals surface area (Å²) in [5.74, 6) is -2.73. The number of rotatable bonds is 6. The molecule has 0 aromatic carbocycles. The molecule has 2 aliphatic heterocycles. The highest BCUT2D eigenvalue weighted by atomic mass is 32.1. The molecule has 3 N–H and O–H groups in total. The first-order chi connectivity index (χ1) is 14.4. The highest BCUT2D eigenvalue weighted by Crippen LogP contribution is 2.36. The van der Waals surface area contributed by atoms with Gasteiger partial charge in [-0.05, 0) is 11.4 Å².